The summed E-state index contributed by atoms with van der Waals surface area (Å²) in [4.78, 5) is 34.3. The minimum Gasteiger partial charge on any atom is -0.497 e. The molecule has 0 unspecified atom stereocenters. The molecule has 170 valence electrons. The van der Waals surface area contributed by atoms with Gasteiger partial charge < -0.3 is 15.0 Å². The Balaban J connectivity index is 1.47. The topological polar surface area (TPSA) is 77.7 Å². The number of nitrogens with one attached hydrogen (secondary N) is 2. The molecular formula is C26H28N4O3. The van der Waals surface area contributed by atoms with E-state index in [2.05, 4.69) is 10.3 Å². The van der Waals surface area contributed by atoms with Gasteiger partial charge in [-0.25, -0.2) is 4.79 Å². The summed E-state index contributed by atoms with van der Waals surface area (Å²) in [6, 6.07) is 15.9. The second kappa shape index (κ2) is 7.35. The number of urea groups is 1. The lowest BCUT2D eigenvalue weighted by atomic mass is 9.81. The zero-order chi connectivity index (χ0) is 22.7. The highest BCUT2D eigenvalue weighted by Gasteiger charge is 2.60. The zero-order valence-electron chi connectivity index (χ0n) is 18.9. The van der Waals surface area contributed by atoms with Gasteiger partial charge in [-0.05, 0) is 49.1 Å². The van der Waals surface area contributed by atoms with E-state index >= 15 is 0 Å². The molecular weight excluding hydrogens is 416 g/mol. The fourth-order valence-corrected chi connectivity index (χ4v) is 5.47. The predicted octanol–water partition coefficient (Wildman–Crippen LogP) is 3.60. The van der Waals surface area contributed by atoms with E-state index in [1.54, 1.807) is 12.0 Å². The van der Waals surface area contributed by atoms with Crippen LogP contribution in [0.25, 0.3) is 10.9 Å². The van der Waals surface area contributed by atoms with Crippen LogP contribution in [-0.4, -0.2) is 58.5 Å². The van der Waals surface area contributed by atoms with Crippen molar-refractivity contribution in [2.75, 3.05) is 20.2 Å². The summed E-state index contributed by atoms with van der Waals surface area (Å²) in [5.74, 6) is 0.656. The van der Waals surface area contributed by atoms with Crippen LogP contribution in [0.1, 0.15) is 42.6 Å². The Morgan fingerprint density at radius 2 is 1.94 bits per heavy atom. The number of fused-ring (bicyclic) bond motifs is 4. The smallest absolute Gasteiger partial charge is 0.328 e. The summed E-state index contributed by atoms with van der Waals surface area (Å²) in [6.07, 6.45) is 2.82. The number of hydrogen-bond donors (Lipinski definition) is 2. The summed E-state index contributed by atoms with van der Waals surface area (Å²) in [7, 11) is 1.66. The van der Waals surface area contributed by atoms with E-state index in [4.69, 9.17) is 4.74 Å². The molecule has 1 saturated carbocycles. The molecule has 7 heteroatoms. The number of benzene rings is 2. The molecule has 7 nitrogen and oxygen atoms in total. The fraction of sp³-hybridized carbons (Fsp3) is 0.385. The molecule has 2 atom stereocenters. The minimum absolute atomic E-state index is 0.117. The second-order valence-corrected chi connectivity index (χ2v) is 9.53. The van der Waals surface area contributed by atoms with Gasteiger partial charge in [-0.3, -0.25) is 14.6 Å². The van der Waals surface area contributed by atoms with E-state index in [0.717, 1.165) is 33.5 Å². The first-order chi connectivity index (χ1) is 16.0. The number of aromatic nitrogens is 1. The second-order valence-electron chi connectivity index (χ2n) is 9.53. The lowest BCUT2D eigenvalue weighted by Crippen LogP contribution is -2.53. The van der Waals surface area contributed by atoms with E-state index in [1.807, 2.05) is 55.5 Å². The molecule has 3 heterocycles. The number of carbonyl (C=O) groups is 2. The van der Waals surface area contributed by atoms with Gasteiger partial charge in [0.2, 0.25) is 0 Å². The normalized spacial score (nSPS) is 24.4. The van der Waals surface area contributed by atoms with Crippen LogP contribution in [0.2, 0.25) is 0 Å². The molecule has 1 aliphatic carbocycles. The maximum Gasteiger partial charge on any atom is 0.328 e. The Hall–Kier alpha value is -3.32. The van der Waals surface area contributed by atoms with Gasteiger partial charge in [-0.2, -0.15) is 0 Å². The highest BCUT2D eigenvalue weighted by molar-refractivity contribution is 6.08. The largest absolute Gasteiger partial charge is 0.497 e. The summed E-state index contributed by atoms with van der Waals surface area (Å²) in [5, 5.41) is 4.47. The van der Waals surface area contributed by atoms with E-state index in [1.165, 1.54) is 17.7 Å². The monoisotopic (exact) mass is 444 g/mol. The molecule has 0 spiro atoms. The van der Waals surface area contributed by atoms with Crippen LogP contribution in [0, 0.1) is 0 Å². The Morgan fingerprint density at radius 3 is 2.67 bits per heavy atom. The van der Waals surface area contributed by atoms with Crippen LogP contribution in [-0.2, 0) is 11.2 Å². The van der Waals surface area contributed by atoms with Crippen molar-refractivity contribution >= 4 is 22.8 Å². The highest BCUT2D eigenvalue weighted by Crippen LogP contribution is 2.48. The van der Waals surface area contributed by atoms with Gasteiger partial charge in [0.1, 0.15) is 17.3 Å². The van der Waals surface area contributed by atoms with Crippen LogP contribution < -0.4 is 10.1 Å². The molecule has 3 aliphatic rings. The van der Waals surface area contributed by atoms with Crippen molar-refractivity contribution in [3.63, 3.8) is 0 Å². The molecule has 6 rings (SSSR count). The molecule has 3 amide bonds. The maximum absolute atomic E-state index is 13.7. The van der Waals surface area contributed by atoms with Crippen molar-refractivity contribution in [2.45, 2.75) is 43.8 Å². The molecule has 0 radical (unpaired) electrons. The summed E-state index contributed by atoms with van der Waals surface area (Å²) >= 11 is 0. The number of rotatable bonds is 6. The van der Waals surface area contributed by atoms with Crippen LogP contribution >= 0.6 is 0 Å². The maximum atomic E-state index is 13.7. The van der Waals surface area contributed by atoms with Crippen LogP contribution in [0.5, 0.6) is 5.75 Å². The Bertz CT molecular complexity index is 1250. The lowest BCUT2D eigenvalue weighted by Gasteiger charge is -2.42. The average Bonchev–Trinajstić information content (AvgIpc) is 3.56. The number of carbonyl (C=O) groups excluding carboxylic acids is 2. The third kappa shape index (κ3) is 3.06. The SMILES string of the molecule is COc1ccc2[nH]c3c(c2c1)C[C@@]1(C)C(=O)N(CCNC2CC2)C(=O)N1[C@@H]3c1ccccc1. The standard InChI is InChI=1S/C26H28N4O3/c1-26-15-20-19-14-18(33-2)10-11-21(19)28-22(20)23(16-6-4-3-5-7-16)30(26)25(32)29(24(26)31)13-12-27-17-8-9-17/h3-7,10-11,14,17,23,27-28H,8-9,12-13,15H2,1-2H3/t23-,26+/m1/s1. The number of ether oxygens (including phenoxy) is 1. The molecule has 2 fully saturated rings. The van der Waals surface area contributed by atoms with E-state index in [9.17, 15) is 9.59 Å². The van der Waals surface area contributed by atoms with Crippen LogP contribution in [0.4, 0.5) is 4.79 Å². The molecule has 2 N–H and O–H groups in total. The summed E-state index contributed by atoms with van der Waals surface area (Å²) in [5.41, 5.74) is 3.08. The van der Waals surface area contributed by atoms with Crippen LogP contribution in [0.3, 0.4) is 0 Å². The van der Waals surface area contributed by atoms with Crippen molar-refractivity contribution in [2.24, 2.45) is 0 Å². The Labute approximate surface area is 192 Å². The first kappa shape index (κ1) is 20.3. The number of methoxy groups -OCH3 is 1. The van der Waals surface area contributed by atoms with Crippen molar-refractivity contribution in [1.29, 1.82) is 0 Å². The highest BCUT2D eigenvalue weighted by atomic mass is 16.5. The quantitative estimate of drug-likeness (QED) is 0.570. The minimum atomic E-state index is -0.942. The van der Waals surface area contributed by atoms with Gasteiger partial charge in [0.25, 0.3) is 5.91 Å². The molecule has 1 saturated heterocycles. The van der Waals surface area contributed by atoms with E-state index in [0.29, 0.717) is 25.6 Å². The first-order valence-electron chi connectivity index (χ1n) is 11.6. The molecule has 33 heavy (non-hydrogen) atoms. The molecule has 0 bridgehead atoms. The van der Waals surface area contributed by atoms with E-state index < -0.39 is 5.54 Å². The van der Waals surface area contributed by atoms with Crippen molar-refractivity contribution < 1.29 is 14.3 Å². The van der Waals surface area contributed by atoms with E-state index in [-0.39, 0.29) is 18.0 Å². The Kier molecular flexibility index (Phi) is 4.52. The molecule has 1 aromatic heterocycles. The lowest BCUT2D eigenvalue weighted by molar-refractivity contribution is -0.133. The average molecular weight is 445 g/mol. The summed E-state index contributed by atoms with van der Waals surface area (Å²) in [6.45, 7) is 2.94. The van der Waals surface area contributed by atoms with Crippen molar-refractivity contribution in [3.8, 4) is 5.75 Å². The van der Waals surface area contributed by atoms with Gasteiger partial charge in [0.05, 0.1) is 7.11 Å². The zero-order valence-corrected chi connectivity index (χ0v) is 18.9. The Morgan fingerprint density at radius 1 is 1.15 bits per heavy atom. The van der Waals surface area contributed by atoms with Gasteiger partial charge in [-0.1, -0.05) is 30.3 Å². The third-order valence-corrected chi connectivity index (χ3v) is 7.33. The summed E-state index contributed by atoms with van der Waals surface area (Å²) < 4.78 is 5.47. The number of H-pyrrole nitrogens is 1. The number of nitrogens with zero attached hydrogens (tertiary/aromatic N) is 2. The molecule has 2 aliphatic heterocycles. The molecule has 3 aromatic rings. The van der Waals surface area contributed by atoms with Gasteiger partial charge in [0.15, 0.2) is 0 Å². The van der Waals surface area contributed by atoms with Gasteiger partial charge in [0, 0.05) is 42.1 Å². The van der Waals surface area contributed by atoms with Crippen molar-refractivity contribution in [1.82, 2.24) is 20.1 Å². The third-order valence-electron chi connectivity index (χ3n) is 7.33. The number of imide groups is 1. The van der Waals surface area contributed by atoms with Gasteiger partial charge in [-0.15, -0.1) is 0 Å². The number of hydrogen-bond acceptors (Lipinski definition) is 4. The van der Waals surface area contributed by atoms with Crippen molar-refractivity contribution in [3.05, 3.63) is 65.4 Å². The van der Waals surface area contributed by atoms with Crippen LogP contribution in [0.15, 0.2) is 48.5 Å². The fourth-order valence-electron chi connectivity index (χ4n) is 5.47. The number of amides is 3. The van der Waals surface area contributed by atoms with Gasteiger partial charge >= 0.3 is 6.03 Å². The molecule has 2 aromatic carbocycles. The number of aromatic amines is 1. The predicted molar refractivity (Wildman–Crippen MR) is 125 cm³/mol. The first-order valence-corrected chi connectivity index (χ1v) is 11.6.